The zero-order valence-corrected chi connectivity index (χ0v) is 41.3. The van der Waals surface area contributed by atoms with Crippen molar-refractivity contribution >= 4 is 25.7 Å². The van der Waals surface area contributed by atoms with Crippen molar-refractivity contribution in [3.63, 3.8) is 0 Å². The van der Waals surface area contributed by atoms with Gasteiger partial charge in [-0.25, -0.2) is 4.57 Å². The number of carbonyl (C=O) groups excluding carboxylic acids is 2. The topological polar surface area (TPSA) is 172 Å². The van der Waals surface area contributed by atoms with Gasteiger partial charge >= 0.3 is 25.7 Å². The third-order valence-corrected chi connectivity index (χ3v) is 11.7. The molecule has 0 aliphatic carbocycles. The van der Waals surface area contributed by atoms with Gasteiger partial charge in [0.05, 0.1) is 13.2 Å². The maximum atomic E-state index is 12.6. The Balaban J connectivity index is 4.34. The smallest absolute Gasteiger partial charge is 0.472 e. The SMILES string of the molecule is CCCCC/C=C/C/C=C/C/C=C/C/C=C/C/C=C/CCC(=O)O[C@H](COC(=O)CCCCCCCCCCCCCCCCCCCCCCC)COP(=O)(O)OC[C@H](N)C(=O)O. The lowest BCUT2D eigenvalue weighted by molar-refractivity contribution is -0.161. The molecule has 0 aromatic carbocycles. The monoisotopic (exact) mass is 922 g/mol. The number of esters is 2. The second-order valence-electron chi connectivity index (χ2n) is 17.0. The third-order valence-electron chi connectivity index (χ3n) is 10.8. The number of hydrogen-bond acceptors (Lipinski definition) is 9. The first-order chi connectivity index (χ1) is 31.1. The molecule has 0 saturated heterocycles. The van der Waals surface area contributed by atoms with E-state index < -0.39 is 51.1 Å². The number of unbranched alkanes of at least 4 members (excludes halogenated alkanes) is 23. The molecule has 12 heteroatoms. The van der Waals surface area contributed by atoms with Gasteiger partial charge in [-0.15, -0.1) is 0 Å². The van der Waals surface area contributed by atoms with E-state index in [-0.39, 0.29) is 19.4 Å². The van der Waals surface area contributed by atoms with E-state index in [1.807, 2.05) is 12.2 Å². The number of phosphoric ester groups is 1. The Kier molecular flexibility index (Phi) is 44.6. The highest BCUT2D eigenvalue weighted by Gasteiger charge is 2.28. The van der Waals surface area contributed by atoms with E-state index in [1.165, 1.54) is 128 Å². The molecule has 1 unspecified atom stereocenters. The van der Waals surface area contributed by atoms with Gasteiger partial charge in [0.2, 0.25) is 0 Å². The molecule has 4 N–H and O–H groups in total. The van der Waals surface area contributed by atoms with Crippen molar-refractivity contribution in [1.29, 1.82) is 0 Å². The van der Waals surface area contributed by atoms with Crippen LogP contribution >= 0.6 is 7.82 Å². The van der Waals surface area contributed by atoms with Crippen LogP contribution in [0, 0.1) is 0 Å². The second kappa shape index (κ2) is 46.7. The summed E-state index contributed by atoms with van der Waals surface area (Å²) in [5.41, 5.74) is 5.34. The van der Waals surface area contributed by atoms with Crippen molar-refractivity contribution in [2.75, 3.05) is 19.8 Å². The Morgan fingerprint density at radius 1 is 0.484 bits per heavy atom. The van der Waals surface area contributed by atoms with Crippen molar-refractivity contribution in [2.45, 2.75) is 231 Å². The highest BCUT2D eigenvalue weighted by atomic mass is 31.2. The number of rotatable bonds is 47. The maximum absolute atomic E-state index is 12.6. The summed E-state index contributed by atoms with van der Waals surface area (Å²) < 4.78 is 32.7. The van der Waals surface area contributed by atoms with Crippen molar-refractivity contribution in [1.82, 2.24) is 0 Å². The van der Waals surface area contributed by atoms with E-state index >= 15 is 0 Å². The molecule has 0 aromatic heterocycles. The molecular formula is C52H92NO10P. The Morgan fingerprint density at radius 2 is 0.859 bits per heavy atom. The van der Waals surface area contributed by atoms with Crippen LogP contribution in [0.3, 0.4) is 0 Å². The van der Waals surface area contributed by atoms with Crippen molar-refractivity contribution < 1.29 is 47.5 Å². The van der Waals surface area contributed by atoms with Gasteiger partial charge in [0.1, 0.15) is 12.6 Å². The second-order valence-corrected chi connectivity index (χ2v) is 18.4. The van der Waals surface area contributed by atoms with Crippen LogP contribution in [0.4, 0.5) is 0 Å². The fourth-order valence-electron chi connectivity index (χ4n) is 6.81. The average Bonchev–Trinajstić information content (AvgIpc) is 3.27. The van der Waals surface area contributed by atoms with Crippen LogP contribution in [0.2, 0.25) is 0 Å². The lowest BCUT2D eigenvalue weighted by Crippen LogP contribution is -2.34. The number of carboxylic acid groups (broad SMARTS) is 1. The van der Waals surface area contributed by atoms with Gasteiger partial charge in [-0.1, -0.05) is 216 Å². The van der Waals surface area contributed by atoms with Gasteiger partial charge < -0.3 is 25.2 Å². The Labute approximate surface area is 389 Å². The molecule has 0 saturated carbocycles. The van der Waals surface area contributed by atoms with E-state index in [1.54, 1.807) is 0 Å². The minimum atomic E-state index is -4.74. The summed E-state index contributed by atoms with van der Waals surface area (Å²) in [6.45, 7) is 2.73. The number of carbonyl (C=O) groups is 3. The Bertz CT molecular complexity index is 1310. The third kappa shape index (κ3) is 45.7. The van der Waals surface area contributed by atoms with Gasteiger partial charge in [-0.2, -0.15) is 0 Å². The normalized spacial score (nSPS) is 14.1. The lowest BCUT2D eigenvalue weighted by Gasteiger charge is -2.20. The first-order valence-electron chi connectivity index (χ1n) is 25.3. The lowest BCUT2D eigenvalue weighted by atomic mass is 10.0. The van der Waals surface area contributed by atoms with Crippen LogP contribution < -0.4 is 5.73 Å². The molecule has 64 heavy (non-hydrogen) atoms. The molecule has 0 heterocycles. The molecule has 0 aliphatic rings. The minimum Gasteiger partial charge on any atom is -0.480 e. The first-order valence-corrected chi connectivity index (χ1v) is 26.8. The summed E-state index contributed by atoms with van der Waals surface area (Å²) >= 11 is 0. The van der Waals surface area contributed by atoms with Crippen LogP contribution in [-0.2, 0) is 37.5 Å². The summed E-state index contributed by atoms with van der Waals surface area (Å²) in [7, 11) is -4.74. The fraction of sp³-hybridized carbons (Fsp3) is 0.750. The predicted molar refractivity (Wildman–Crippen MR) is 263 cm³/mol. The molecule has 3 atom stereocenters. The molecule has 0 amide bonds. The Hall–Kier alpha value is -2.82. The van der Waals surface area contributed by atoms with Crippen LogP contribution in [0.5, 0.6) is 0 Å². The number of nitrogens with two attached hydrogens (primary N) is 1. The molecule has 11 nitrogen and oxygen atoms in total. The number of aliphatic carboxylic acids is 1. The van der Waals surface area contributed by atoms with E-state index in [4.69, 9.17) is 24.8 Å². The molecule has 0 spiro atoms. The molecule has 0 fully saturated rings. The van der Waals surface area contributed by atoms with Crippen LogP contribution in [-0.4, -0.2) is 59.9 Å². The summed E-state index contributed by atoms with van der Waals surface area (Å²) in [5.74, 6) is -2.48. The van der Waals surface area contributed by atoms with E-state index in [0.29, 0.717) is 12.8 Å². The highest BCUT2D eigenvalue weighted by Crippen LogP contribution is 2.43. The highest BCUT2D eigenvalue weighted by molar-refractivity contribution is 7.47. The summed E-state index contributed by atoms with van der Waals surface area (Å²) in [4.78, 5) is 46.1. The quantitative estimate of drug-likeness (QED) is 0.0230. The molecule has 0 aromatic rings. The van der Waals surface area contributed by atoms with Crippen molar-refractivity contribution in [3.05, 3.63) is 60.8 Å². The van der Waals surface area contributed by atoms with Crippen LogP contribution in [0.15, 0.2) is 60.8 Å². The Morgan fingerprint density at radius 3 is 1.30 bits per heavy atom. The van der Waals surface area contributed by atoms with Crippen LogP contribution in [0.1, 0.15) is 219 Å². The first kappa shape index (κ1) is 61.2. The van der Waals surface area contributed by atoms with Gasteiger partial charge in [-0.05, 0) is 51.4 Å². The van der Waals surface area contributed by atoms with Gasteiger partial charge in [0.15, 0.2) is 6.10 Å². The average molecular weight is 922 g/mol. The van der Waals surface area contributed by atoms with Gasteiger partial charge in [0.25, 0.3) is 0 Å². The summed E-state index contributed by atoms with van der Waals surface area (Å²) in [5, 5.41) is 8.91. The summed E-state index contributed by atoms with van der Waals surface area (Å²) in [6, 6.07) is -1.53. The number of phosphoric acid groups is 1. The van der Waals surface area contributed by atoms with E-state index in [0.717, 1.165) is 51.4 Å². The standard InChI is InChI=1S/C52H92NO10P/c1-3-5-7-9-11-13-15-17-19-21-23-24-26-27-29-31-33-35-37-39-41-43-50(54)60-45-48(46-61-64(58,59)62-47-49(53)52(56)57)63-51(55)44-42-40-38-36-34-32-30-28-25-22-20-18-16-14-12-10-8-6-4-2/h12,14,18,20,25,28,32,34,38,40,48-49H,3-11,13,15-17,19,21-24,26-27,29-31,33,35-37,39,41-47,53H2,1-2H3,(H,56,57)(H,58,59)/b14-12+,20-18+,28-25+,34-32+,40-38+/t48-,49+/m1/s1. The zero-order valence-electron chi connectivity index (χ0n) is 40.4. The molecule has 370 valence electrons. The molecule has 0 bridgehead atoms. The number of hydrogen-bond donors (Lipinski definition) is 3. The number of allylic oxidation sites excluding steroid dienone is 10. The fourth-order valence-corrected chi connectivity index (χ4v) is 7.59. The molecule has 0 radical (unpaired) electrons. The van der Waals surface area contributed by atoms with E-state index in [9.17, 15) is 23.8 Å². The molecular weight excluding hydrogens is 830 g/mol. The van der Waals surface area contributed by atoms with Gasteiger partial charge in [-0.3, -0.25) is 23.4 Å². The number of carboxylic acids is 1. The molecule has 0 rings (SSSR count). The zero-order chi connectivity index (χ0) is 47.0. The number of ether oxygens (including phenoxy) is 2. The van der Waals surface area contributed by atoms with E-state index in [2.05, 4.69) is 67.0 Å². The van der Waals surface area contributed by atoms with Crippen molar-refractivity contribution in [2.24, 2.45) is 5.73 Å². The predicted octanol–water partition coefficient (Wildman–Crippen LogP) is 14.3. The summed E-state index contributed by atoms with van der Waals surface area (Å²) in [6.07, 6.45) is 55.9. The minimum absolute atomic E-state index is 0.0375. The van der Waals surface area contributed by atoms with Gasteiger partial charge in [0, 0.05) is 12.8 Å². The van der Waals surface area contributed by atoms with Crippen molar-refractivity contribution in [3.8, 4) is 0 Å². The largest absolute Gasteiger partial charge is 0.480 e. The maximum Gasteiger partial charge on any atom is 0.472 e. The molecule has 0 aliphatic heterocycles. The van der Waals surface area contributed by atoms with Crippen LogP contribution in [0.25, 0.3) is 0 Å².